The van der Waals surface area contributed by atoms with Crippen molar-refractivity contribution in [1.82, 2.24) is 10.3 Å². The van der Waals surface area contributed by atoms with Crippen LogP contribution in [0, 0.1) is 10.1 Å². The predicted molar refractivity (Wildman–Crippen MR) is 78.3 cm³/mol. The van der Waals surface area contributed by atoms with Gasteiger partial charge >= 0.3 is 0 Å². The van der Waals surface area contributed by atoms with Crippen LogP contribution in [0.5, 0.6) is 0 Å². The monoisotopic (exact) mass is 296 g/mol. The third-order valence-corrected chi connectivity index (χ3v) is 4.28. The van der Waals surface area contributed by atoms with E-state index >= 15 is 0 Å². The molecular formula is C12H16N4O3S. The van der Waals surface area contributed by atoms with E-state index in [0.29, 0.717) is 5.82 Å². The summed E-state index contributed by atoms with van der Waals surface area (Å²) in [5.41, 5.74) is 0.0180. The average molecular weight is 296 g/mol. The number of anilines is 1. The van der Waals surface area contributed by atoms with Crippen molar-refractivity contribution in [2.75, 3.05) is 23.9 Å². The fraction of sp³-hybridized carbons (Fsp3) is 0.500. The largest absolute Gasteiger partial charge is 0.372 e. The Hall–Kier alpha value is -1.83. The van der Waals surface area contributed by atoms with E-state index in [0.717, 1.165) is 30.5 Å². The van der Waals surface area contributed by atoms with Crippen molar-refractivity contribution in [3.05, 3.63) is 27.9 Å². The number of hydrogen-bond acceptors (Lipinski definition) is 6. The van der Waals surface area contributed by atoms with Crippen molar-refractivity contribution in [2.24, 2.45) is 0 Å². The van der Waals surface area contributed by atoms with E-state index in [1.54, 1.807) is 18.8 Å². The van der Waals surface area contributed by atoms with Crippen molar-refractivity contribution in [1.29, 1.82) is 0 Å². The molecule has 0 aromatic carbocycles. The molecule has 8 heteroatoms. The number of pyridine rings is 1. The van der Waals surface area contributed by atoms with Crippen LogP contribution in [0.25, 0.3) is 0 Å². The van der Waals surface area contributed by atoms with Gasteiger partial charge in [0.25, 0.3) is 11.6 Å². The molecule has 0 saturated carbocycles. The van der Waals surface area contributed by atoms with E-state index in [-0.39, 0.29) is 23.2 Å². The van der Waals surface area contributed by atoms with Crippen LogP contribution in [0.15, 0.2) is 12.3 Å². The van der Waals surface area contributed by atoms with Crippen LogP contribution in [-0.2, 0) is 0 Å². The zero-order valence-corrected chi connectivity index (χ0v) is 11.9. The van der Waals surface area contributed by atoms with Crippen molar-refractivity contribution in [2.45, 2.75) is 18.9 Å². The smallest absolute Gasteiger partial charge is 0.288 e. The van der Waals surface area contributed by atoms with Gasteiger partial charge in [0.1, 0.15) is 12.0 Å². The van der Waals surface area contributed by atoms with Crippen LogP contribution < -0.4 is 10.6 Å². The maximum atomic E-state index is 12.2. The minimum Gasteiger partial charge on any atom is -0.372 e. The lowest BCUT2D eigenvalue weighted by Gasteiger charge is -2.22. The van der Waals surface area contributed by atoms with Crippen molar-refractivity contribution in [3.63, 3.8) is 0 Å². The van der Waals surface area contributed by atoms with E-state index in [4.69, 9.17) is 0 Å². The van der Waals surface area contributed by atoms with Crippen LogP contribution >= 0.6 is 11.8 Å². The first-order valence-electron chi connectivity index (χ1n) is 6.32. The molecule has 2 heterocycles. The number of aromatic nitrogens is 1. The predicted octanol–water partition coefficient (Wildman–Crippen LogP) is 1.66. The SMILES string of the molecule is CNc1ncc([N+](=O)[O-])cc1C(=O)NC1CCCSC1. The molecule has 2 N–H and O–H groups in total. The number of carbonyl (C=O) groups excluding carboxylic acids is 1. The molecule has 1 unspecified atom stereocenters. The summed E-state index contributed by atoms with van der Waals surface area (Å²) in [6.45, 7) is 0. The van der Waals surface area contributed by atoms with E-state index in [1.165, 1.54) is 6.07 Å². The number of thioether (sulfide) groups is 1. The molecule has 1 aliphatic rings. The fourth-order valence-electron chi connectivity index (χ4n) is 2.04. The lowest BCUT2D eigenvalue weighted by Crippen LogP contribution is -2.38. The lowest BCUT2D eigenvalue weighted by molar-refractivity contribution is -0.385. The van der Waals surface area contributed by atoms with Crippen molar-refractivity contribution < 1.29 is 9.72 Å². The number of rotatable bonds is 4. The number of amides is 1. The zero-order chi connectivity index (χ0) is 14.5. The van der Waals surface area contributed by atoms with Crippen LogP contribution in [0.3, 0.4) is 0 Å². The van der Waals surface area contributed by atoms with E-state index in [1.807, 2.05) is 0 Å². The summed E-state index contributed by atoms with van der Waals surface area (Å²) in [4.78, 5) is 26.4. The number of nitrogens with zero attached hydrogens (tertiary/aromatic N) is 2. The average Bonchev–Trinajstić information content (AvgIpc) is 2.47. The first-order valence-corrected chi connectivity index (χ1v) is 7.48. The van der Waals surface area contributed by atoms with Gasteiger partial charge in [-0.3, -0.25) is 14.9 Å². The molecule has 20 heavy (non-hydrogen) atoms. The number of carbonyl (C=O) groups is 1. The Morgan fingerprint density at radius 2 is 2.40 bits per heavy atom. The highest BCUT2D eigenvalue weighted by molar-refractivity contribution is 7.99. The second kappa shape index (κ2) is 6.56. The lowest BCUT2D eigenvalue weighted by atomic mass is 10.1. The molecule has 0 radical (unpaired) electrons. The summed E-state index contributed by atoms with van der Waals surface area (Å²) in [7, 11) is 1.63. The Balaban J connectivity index is 2.18. The van der Waals surface area contributed by atoms with Gasteiger partial charge in [-0.05, 0) is 18.6 Å². The molecule has 0 bridgehead atoms. The molecule has 1 amide bonds. The van der Waals surface area contributed by atoms with E-state index < -0.39 is 4.92 Å². The summed E-state index contributed by atoms with van der Waals surface area (Å²) >= 11 is 1.80. The first-order chi connectivity index (χ1) is 9.61. The molecule has 1 atom stereocenters. The molecule has 0 aliphatic carbocycles. The fourth-order valence-corrected chi connectivity index (χ4v) is 3.12. The second-order valence-electron chi connectivity index (χ2n) is 4.48. The molecule has 1 saturated heterocycles. The molecule has 0 spiro atoms. The highest BCUT2D eigenvalue weighted by Crippen LogP contribution is 2.21. The number of hydrogen-bond donors (Lipinski definition) is 2. The molecule has 1 fully saturated rings. The second-order valence-corrected chi connectivity index (χ2v) is 5.63. The summed E-state index contributed by atoms with van der Waals surface area (Å²) in [6.07, 6.45) is 3.15. The van der Waals surface area contributed by atoms with E-state index in [2.05, 4.69) is 15.6 Å². The third kappa shape index (κ3) is 3.38. The molecule has 1 aliphatic heterocycles. The molecule has 2 rings (SSSR count). The van der Waals surface area contributed by atoms with Crippen LogP contribution in [-0.4, -0.2) is 40.4 Å². The van der Waals surface area contributed by atoms with Gasteiger partial charge in [-0.25, -0.2) is 4.98 Å². The minimum atomic E-state index is -0.556. The Kier molecular flexibility index (Phi) is 4.78. The number of nitrogens with one attached hydrogen (secondary N) is 2. The third-order valence-electron chi connectivity index (χ3n) is 3.06. The normalized spacial score (nSPS) is 18.4. The molecule has 1 aromatic heterocycles. The van der Waals surface area contributed by atoms with Crippen LogP contribution in [0.4, 0.5) is 11.5 Å². The zero-order valence-electron chi connectivity index (χ0n) is 11.1. The Bertz CT molecular complexity index is 517. The summed E-state index contributed by atoms with van der Waals surface area (Å²) < 4.78 is 0. The van der Waals surface area contributed by atoms with Gasteiger partial charge in [-0.15, -0.1) is 0 Å². The van der Waals surface area contributed by atoms with Gasteiger partial charge in [-0.2, -0.15) is 11.8 Å². The molecule has 108 valence electrons. The van der Waals surface area contributed by atoms with Crippen molar-refractivity contribution in [3.8, 4) is 0 Å². The topological polar surface area (TPSA) is 97.2 Å². The maximum absolute atomic E-state index is 12.2. The Morgan fingerprint density at radius 1 is 1.60 bits per heavy atom. The maximum Gasteiger partial charge on any atom is 0.288 e. The highest BCUT2D eigenvalue weighted by atomic mass is 32.2. The first kappa shape index (κ1) is 14.6. The quantitative estimate of drug-likeness (QED) is 0.648. The minimum absolute atomic E-state index is 0.116. The van der Waals surface area contributed by atoms with Gasteiger partial charge < -0.3 is 10.6 Å². The van der Waals surface area contributed by atoms with Gasteiger partial charge in [0, 0.05) is 24.9 Å². The molecule has 1 aromatic rings. The standard InChI is InChI=1S/C12H16N4O3S/c1-13-11-10(5-9(6-14-11)16(18)19)12(17)15-8-3-2-4-20-7-8/h5-6,8H,2-4,7H2,1H3,(H,13,14)(H,15,17). The summed E-state index contributed by atoms with van der Waals surface area (Å²) in [5, 5.41) is 16.5. The molecular weight excluding hydrogens is 280 g/mol. The Labute approximate surface area is 120 Å². The van der Waals surface area contributed by atoms with Gasteiger partial charge in [-0.1, -0.05) is 0 Å². The van der Waals surface area contributed by atoms with Crippen LogP contribution in [0.1, 0.15) is 23.2 Å². The van der Waals surface area contributed by atoms with Crippen LogP contribution in [0.2, 0.25) is 0 Å². The van der Waals surface area contributed by atoms with Gasteiger partial charge in [0.05, 0.1) is 10.5 Å². The van der Waals surface area contributed by atoms with Crippen molar-refractivity contribution >= 4 is 29.2 Å². The summed E-state index contributed by atoms with van der Waals surface area (Å²) in [6, 6.07) is 1.37. The van der Waals surface area contributed by atoms with Gasteiger partial charge in [0.15, 0.2) is 0 Å². The van der Waals surface area contributed by atoms with E-state index in [9.17, 15) is 14.9 Å². The Morgan fingerprint density at radius 3 is 3.00 bits per heavy atom. The highest BCUT2D eigenvalue weighted by Gasteiger charge is 2.21. The van der Waals surface area contributed by atoms with Gasteiger partial charge in [0.2, 0.25) is 0 Å². The summed E-state index contributed by atoms with van der Waals surface area (Å²) in [5.74, 6) is 2.02. The number of nitro groups is 1. The molecule has 7 nitrogen and oxygen atoms in total.